The first-order valence-electron chi connectivity index (χ1n) is 4.36. The van der Waals surface area contributed by atoms with Gasteiger partial charge in [-0.1, -0.05) is 0 Å². The first-order chi connectivity index (χ1) is 6.63. The van der Waals surface area contributed by atoms with Crippen LogP contribution in [0.15, 0.2) is 4.99 Å². The van der Waals surface area contributed by atoms with Crippen molar-refractivity contribution < 1.29 is 24.5 Å². The quantitative estimate of drug-likeness (QED) is 0.668. The number of rotatable bonds is 2. The van der Waals surface area contributed by atoms with Crippen molar-refractivity contribution >= 4 is 17.8 Å². The van der Waals surface area contributed by atoms with Gasteiger partial charge in [-0.3, -0.25) is 0 Å². The third-order valence-corrected chi connectivity index (χ3v) is 1.22. The molecule has 6 heteroatoms. The summed E-state index contributed by atoms with van der Waals surface area (Å²) in [4.78, 5) is 24.8. The summed E-state index contributed by atoms with van der Waals surface area (Å²) in [6.45, 7) is 6.09. The smallest absolute Gasteiger partial charge is 0.434 e. The highest BCUT2D eigenvalue weighted by Gasteiger charge is 2.21. The molecule has 2 N–H and O–H groups in total. The number of aliphatic hydroxyl groups excluding tert-OH is 1. The molecule has 15 heavy (non-hydrogen) atoms. The lowest BCUT2D eigenvalue weighted by atomic mass is 10.2. The third-order valence-electron chi connectivity index (χ3n) is 1.22. The van der Waals surface area contributed by atoms with Crippen molar-refractivity contribution in [1.29, 1.82) is 0 Å². The Morgan fingerprint density at radius 2 is 1.80 bits per heavy atom. The molecule has 0 aliphatic rings. The molecule has 1 atom stereocenters. The van der Waals surface area contributed by atoms with Crippen LogP contribution in [0.2, 0.25) is 0 Å². The van der Waals surface area contributed by atoms with Crippen LogP contribution in [0.4, 0.5) is 4.79 Å². The number of carboxylic acids is 1. The molecule has 0 heterocycles. The van der Waals surface area contributed by atoms with E-state index in [4.69, 9.17) is 14.9 Å². The van der Waals surface area contributed by atoms with Crippen LogP contribution in [0.1, 0.15) is 27.7 Å². The van der Waals surface area contributed by atoms with Gasteiger partial charge in [0.1, 0.15) is 11.7 Å². The predicted octanol–water partition coefficient (Wildman–Crippen LogP) is 0.828. The van der Waals surface area contributed by atoms with Crippen LogP contribution >= 0.6 is 0 Å². The summed E-state index contributed by atoms with van der Waals surface area (Å²) >= 11 is 0. The van der Waals surface area contributed by atoms with Crippen LogP contribution in [-0.4, -0.2) is 39.7 Å². The fourth-order valence-corrected chi connectivity index (χ4v) is 0.703. The van der Waals surface area contributed by atoms with E-state index >= 15 is 0 Å². The molecule has 86 valence electrons. The van der Waals surface area contributed by atoms with Gasteiger partial charge in [0, 0.05) is 0 Å². The summed E-state index contributed by atoms with van der Waals surface area (Å²) in [5.41, 5.74) is -1.38. The van der Waals surface area contributed by atoms with E-state index in [2.05, 4.69) is 4.99 Å². The molecule has 0 aliphatic carbocycles. The number of aliphatic hydroxyl groups is 1. The lowest BCUT2D eigenvalue weighted by Gasteiger charge is -2.17. The van der Waals surface area contributed by atoms with Gasteiger partial charge in [-0.2, -0.15) is 4.99 Å². The van der Waals surface area contributed by atoms with Crippen LogP contribution in [0, 0.1) is 0 Å². The van der Waals surface area contributed by atoms with Crippen molar-refractivity contribution in [1.82, 2.24) is 0 Å². The highest BCUT2D eigenvalue weighted by atomic mass is 16.6. The van der Waals surface area contributed by atoms with Crippen LogP contribution in [0.25, 0.3) is 0 Å². The second-order valence-corrected chi connectivity index (χ2v) is 3.96. The van der Waals surface area contributed by atoms with E-state index in [-0.39, 0.29) is 0 Å². The van der Waals surface area contributed by atoms with E-state index in [9.17, 15) is 9.59 Å². The van der Waals surface area contributed by atoms with Gasteiger partial charge in [0.15, 0.2) is 5.71 Å². The van der Waals surface area contributed by atoms with Crippen molar-refractivity contribution in [3.05, 3.63) is 0 Å². The standard InChI is InChI=1S/C9H15NO5/c1-5(11)6(7(12)13)10-8(14)15-9(2,3)4/h5,11H,1-4H3,(H,12,13)/t5-/m1/s1. The van der Waals surface area contributed by atoms with Crippen molar-refractivity contribution in [2.75, 3.05) is 0 Å². The second kappa shape index (κ2) is 4.88. The Bertz CT molecular complexity index is 287. The van der Waals surface area contributed by atoms with Crippen LogP contribution in [0.5, 0.6) is 0 Å². The molecule has 0 unspecified atom stereocenters. The van der Waals surface area contributed by atoms with Crippen molar-refractivity contribution in [3.8, 4) is 0 Å². The second-order valence-electron chi connectivity index (χ2n) is 3.96. The number of amides is 1. The number of hydrogen-bond acceptors (Lipinski definition) is 4. The maximum Gasteiger partial charge on any atom is 0.434 e. The number of carbonyl (C=O) groups is 2. The van der Waals surface area contributed by atoms with Crippen molar-refractivity contribution in [2.45, 2.75) is 39.4 Å². The lowest BCUT2D eigenvalue weighted by molar-refractivity contribution is -0.129. The fraction of sp³-hybridized carbons (Fsp3) is 0.667. The number of hydrogen-bond donors (Lipinski definition) is 2. The largest absolute Gasteiger partial charge is 0.477 e. The van der Waals surface area contributed by atoms with Crippen molar-refractivity contribution in [3.63, 3.8) is 0 Å². The molecule has 0 bridgehead atoms. The van der Waals surface area contributed by atoms with Crippen LogP contribution < -0.4 is 0 Å². The Hall–Kier alpha value is -1.43. The Morgan fingerprint density at radius 3 is 2.07 bits per heavy atom. The minimum atomic E-state index is -1.45. The summed E-state index contributed by atoms with van der Waals surface area (Å²) in [7, 11) is 0. The number of nitrogens with zero attached hydrogens (tertiary/aromatic N) is 1. The molecule has 6 nitrogen and oxygen atoms in total. The predicted molar refractivity (Wildman–Crippen MR) is 53.0 cm³/mol. The normalized spacial score (nSPS) is 14.6. The van der Waals surface area contributed by atoms with E-state index in [1.54, 1.807) is 20.8 Å². The maximum atomic E-state index is 11.1. The van der Waals surface area contributed by atoms with Crippen LogP contribution in [0.3, 0.4) is 0 Å². The van der Waals surface area contributed by atoms with Gasteiger partial charge in [-0.05, 0) is 27.7 Å². The number of aliphatic imine (C=N–C) groups is 1. The highest BCUT2D eigenvalue weighted by molar-refractivity contribution is 6.38. The average Bonchev–Trinajstić information content (AvgIpc) is 1.95. The van der Waals surface area contributed by atoms with E-state index in [0.29, 0.717) is 0 Å². The Morgan fingerprint density at radius 1 is 1.33 bits per heavy atom. The third kappa shape index (κ3) is 5.79. The van der Waals surface area contributed by atoms with Gasteiger partial charge in [0.25, 0.3) is 0 Å². The molecular formula is C9H15NO5. The molecule has 0 saturated heterocycles. The zero-order valence-electron chi connectivity index (χ0n) is 9.14. The number of aliphatic carboxylic acids is 1. The molecule has 0 aliphatic heterocycles. The number of ether oxygens (including phenoxy) is 1. The lowest BCUT2D eigenvalue weighted by Crippen LogP contribution is -2.29. The van der Waals surface area contributed by atoms with E-state index in [1.165, 1.54) is 6.92 Å². The molecule has 0 radical (unpaired) electrons. The molecule has 1 amide bonds. The molecular weight excluding hydrogens is 202 g/mol. The maximum absolute atomic E-state index is 11.1. The number of carbonyl (C=O) groups excluding carboxylic acids is 1. The zero-order valence-corrected chi connectivity index (χ0v) is 9.14. The van der Waals surface area contributed by atoms with Gasteiger partial charge < -0.3 is 14.9 Å². The molecule has 0 saturated carbocycles. The van der Waals surface area contributed by atoms with E-state index < -0.39 is 29.5 Å². The Balaban J connectivity index is 4.71. The molecule has 0 aromatic carbocycles. The molecule has 0 rings (SSSR count). The van der Waals surface area contributed by atoms with Crippen molar-refractivity contribution in [2.24, 2.45) is 4.99 Å². The summed E-state index contributed by atoms with van der Waals surface area (Å²) in [5, 5.41) is 17.6. The Labute approximate surface area is 87.6 Å². The molecule has 0 fully saturated rings. The Kier molecular flexibility index (Phi) is 4.41. The van der Waals surface area contributed by atoms with E-state index in [1.807, 2.05) is 0 Å². The van der Waals surface area contributed by atoms with E-state index in [0.717, 1.165) is 0 Å². The molecule has 0 aromatic rings. The first-order valence-corrected chi connectivity index (χ1v) is 4.36. The minimum Gasteiger partial charge on any atom is -0.477 e. The van der Waals surface area contributed by atoms with Gasteiger partial charge in [0.2, 0.25) is 0 Å². The molecule has 0 aromatic heterocycles. The SMILES string of the molecule is C[C@@H](O)C(=NC(=O)OC(C)(C)C)C(=O)O. The molecule has 0 spiro atoms. The topological polar surface area (TPSA) is 96.2 Å². The van der Waals surface area contributed by atoms with Gasteiger partial charge >= 0.3 is 12.1 Å². The summed E-state index contributed by atoms with van der Waals surface area (Å²) < 4.78 is 4.77. The van der Waals surface area contributed by atoms with Gasteiger partial charge in [0.05, 0.1) is 0 Å². The summed E-state index contributed by atoms with van der Waals surface area (Å²) in [5.74, 6) is -1.45. The first kappa shape index (κ1) is 13.6. The fourth-order valence-electron chi connectivity index (χ4n) is 0.703. The highest BCUT2D eigenvalue weighted by Crippen LogP contribution is 2.08. The van der Waals surface area contributed by atoms with Gasteiger partial charge in [-0.15, -0.1) is 0 Å². The minimum absolute atomic E-state index is 0.635. The summed E-state index contributed by atoms with van der Waals surface area (Å²) in [6.07, 6.45) is -2.35. The van der Waals surface area contributed by atoms with Gasteiger partial charge in [-0.25, -0.2) is 9.59 Å². The zero-order chi connectivity index (χ0) is 12.2. The average molecular weight is 217 g/mol. The number of carboxylic acid groups (broad SMARTS) is 1. The van der Waals surface area contributed by atoms with Crippen LogP contribution in [-0.2, 0) is 9.53 Å². The summed E-state index contributed by atoms with van der Waals surface area (Å²) in [6, 6.07) is 0. The monoisotopic (exact) mass is 217 g/mol.